The first-order chi connectivity index (χ1) is 13.4. The highest BCUT2D eigenvalue weighted by atomic mass is 79.9. The summed E-state index contributed by atoms with van der Waals surface area (Å²) in [5, 5.41) is 18.7. The van der Waals surface area contributed by atoms with Crippen LogP contribution < -0.4 is 5.43 Å². The summed E-state index contributed by atoms with van der Waals surface area (Å²) >= 11 is 3.28. The van der Waals surface area contributed by atoms with Gasteiger partial charge in [-0.3, -0.25) is 19.6 Å². The highest BCUT2D eigenvalue weighted by Crippen LogP contribution is 2.17. The van der Waals surface area contributed by atoms with E-state index in [2.05, 4.69) is 31.6 Å². The zero-order valence-corrected chi connectivity index (χ0v) is 15.8. The molecule has 0 spiro atoms. The van der Waals surface area contributed by atoms with Crippen LogP contribution in [0.5, 0.6) is 0 Å². The Kier molecular flexibility index (Phi) is 5.90. The van der Waals surface area contributed by atoms with E-state index >= 15 is 0 Å². The Hall–Kier alpha value is -3.40. The summed E-state index contributed by atoms with van der Waals surface area (Å²) in [6.07, 6.45) is 3.01. The number of nitrogens with one attached hydrogen (secondary N) is 1. The fourth-order valence-electron chi connectivity index (χ4n) is 2.31. The number of aromatic nitrogens is 2. The highest BCUT2D eigenvalue weighted by molar-refractivity contribution is 9.10. The number of benzene rings is 2. The van der Waals surface area contributed by atoms with Gasteiger partial charge in [-0.15, -0.1) is 0 Å². The van der Waals surface area contributed by atoms with Crippen molar-refractivity contribution < 1.29 is 14.1 Å². The molecule has 0 saturated heterocycles. The number of rotatable bonds is 6. The predicted molar refractivity (Wildman–Crippen MR) is 104 cm³/mol. The van der Waals surface area contributed by atoms with Gasteiger partial charge in [-0.1, -0.05) is 24.3 Å². The van der Waals surface area contributed by atoms with Crippen molar-refractivity contribution in [2.75, 3.05) is 0 Å². The lowest BCUT2D eigenvalue weighted by Gasteiger charge is -2.01. The molecule has 0 unspecified atom stereocenters. The summed E-state index contributed by atoms with van der Waals surface area (Å²) in [5.74, 6) is -0.878. The number of amides is 1. The van der Waals surface area contributed by atoms with E-state index < -0.39 is 10.8 Å². The highest BCUT2D eigenvalue weighted by Gasteiger charge is 2.15. The van der Waals surface area contributed by atoms with Gasteiger partial charge in [0.25, 0.3) is 11.6 Å². The Morgan fingerprint density at radius 1 is 1.25 bits per heavy atom. The minimum Gasteiger partial charge on any atom is -0.266 e. The molecule has 2 aromatic carbocycles. The Morgan fingerprint density at radius 3 is 2.57 bits per heavy atom. The molecule has 1 heterocycles. The quantitative estimate of drug-likeness (QED) is 0.356. The minimum atomic E-state index is -0.521. The molecular weight excluding hydrogens is 433 g/mol. The van der Waals surface area contributed by atoms with Crippen LogP contribution in [0.1, 0.15) is 21.6 Å². The predicted octanol–water partition coefficient (Wildman–Crippen LogP) is 3.51. The maximum absolute atomic E-state index is 12.9. The average molecular weight is 446 g/mol. The van der Waals surface area contributed by atoms with Crippen LogP contribution in [0, 0.1) is 15.9 Å². The molecule has 142 valence electrons. The normalized spacial score (nSPS) is 10.9. The monoisotopic (exact) mass is 445 g/mol. The minimum absolute atomic E-state index is 0.00415. The lowest BCUT2D eigenvalue weighted by atomic mass is 10.2. The zero-order valence-electron chi connectivity index (χ0n) is 14.3. The van der Waals surface area contributed by atoms with Crippen molar-refractivity contribution in [1.29, 1.82) is 0 Å². The van der Waals surface area contributed by atoms with Gasteiger partial charge in [0.05, 0.1) is 22.2 Å². The summed E-state index contributed by atoms with van der Waals surface area (Å²) < 4.78 is 14.9. The molecule has 8 nitrogen and oxygen atoms in total. The summed E-state index contributed by atoms with van der Waals surface area (Å²) in [4.78, 5) is 22.5. The zero-order chi connectivity index (χ0) is 20.1. The average Bonchev–Trinajstić information content (AvgIpc) is 3.04. The Morgan fingerprint density at radius 2 is 1.93 bits per heavy atom. The number of hydrazone groups is 1. The van der Waals surface area contributed by atoms with Gasteiger partial charge in [0.2, 0.25) is 0 Å². The molecule has 3 rings (SSSR count). The van der Waals surface area contributed by atoms with Crippen LogP contribution in [0.2, 0.25) is 0 Å². The van der Waals surface area contributed by atoms with Crippen LogP contribution >= 0.6 is 15.9 Å². The van der Waals surface area contributed by atoms with E-state index in [0.29, 0.717) is 16.6 Å². The van der Waals surface area contributed by atoms with E-state index in [1.54, 1.807) is 18.3 Å². The molecule has 0 atom stereocenters. The number of halogens is 2. The molecule has 0 radical (unpaired) electrons. The van der Waals surface area contributed by atoms with Gasteiger partial charge in [-0.2, -0.15) is 10.2 Å². The van der Waals surface area contributed by atoms with Gasteiger partial charge in [-0.05, 0) is 39.2 Å². The maximum Gasteiger partial charge on any atom is 0.293 e. The van der Waals surface area contributed by atoms with Crippen molar-refractivity contribution >= 4 is 33.7 Å². The number of nitro benzene ring substituents is 1. The smallest absolute Gasteiger partial charge is 0.266 e. The summed E-state index contributed by atoms with van der Waals surface area (Å²) in [7, 11) is 0. The van der Waals surface area contributed by atoms with E-state index in [0.717, 1.165) is 5.56 Å². The van der Waals surface area contributed by atoms with E-state index in [-0.39, 0.29) is 17.2 Å². The third-order valence-corrected chi connectivity index (χ3v) is 4.25. The van der Waals surface area contributed by atoms with Crippen molar-refractivity contribution in [2.45, 2.75) is 6.54 Å². The lowest BCUT2D eigenvalue weighted by molar-refractivity contribution is -0.384. The van der Waals surface area contributed by atoms with E-state index in [4.69, 9.17) is 0 Å². The number of nitrogens with zero attached hydrogens (tertiary/aromatic N) is 4. The second-order valence-electron chi connectivity index (χ2n) is 5.70. The third kappa shape index (κ3) is 4.86. The van der Waals surface area contributed by atoms with Crippen molar-refractivity contribution in [3.05, 3.63) is 92.0 Å². The number of hydrogen-bond acceptors (Lipinski definition) is 5. The van der Waals surface area contributed by atoms with E-state index in [1.165, 1.54) is 47.3 Å². The molecule has 0 aliphatic carbocycles. The molecule has 28 heavy (non-hydrogen) atoms. The van der Waals surface area contributed by atoms with Crippen molar-refractivity contribution in [2.24, 2.45) is 5.10 Å². The molecular formula is C18H13BrFN5O3. The van der Waals surface area contributed by atoms with Gasteiger partial charge in [0, 0.05) is 18.3 Å². The van der Waals surface area contributed by atoms with Crippen molar-refractivity contribution in [1.82, 2.24) is 15.2 Å². The summed E-state index contributed by atoms with van der Waals surface area (Å²) in [6.45, 7) is 0.336. The van der Waals surface area contributed by atoms with Crippen LogP contribution in [0.15, 0.2) is 64.3 Å². The molecule has 3 aromatic rings. The standard InChI is InChI=1S/C18H13BrFN5O3/c19-16-11-24(10-13-3-7-15(8-4-13)25(27)28)23-17(16)18(26)22-21-9-12-1-5-14(20)6-2-12/h1-9,11H,10H2,(H,22,26)/b21-9+. The Balaban J connectivity index is 1.64. The summed E-state index contributed by atoms with van der Waals surface area (Å²) in [6, 6.07) is 11.7. The van der Waals surface area contributed by atoms with Crippen LogP contribution in [-0.4, -0.2) is 26.8 Å². The van der Waals surface area contributed by atoms with Gasteiger partial charge < -0.3 is 0 Å². The molecule has 0 aliphatic rings. The van der Waals surface area contributed by atoms with Crippen molar-refractivity contribution in [3.8, 4) is 0 Å². The third-order valence-electron chi connectivity index (χ3n) is 3.67. The van der Waals surface area contributed by atoms with Gasteiger partial charge in [-0.25, -0.2) is 9.82 Å². The van der Waals surface area contributed by atoms with Gasteiger partial charge in [0.15, 0.2) is 5.69 Å². The Bertz CT molecular complexity index is 1030. The lowest BCUT2D eigenvalue weighted by Crippen LogP contribution is -2.19. The second-order valence-corrected chi connectivity index (χ2v) is 6.55. The first kappa shape index (κ1) is 19.4. The molecule has 1 amide bonds. The largest absolute Gasteiger partial charge is 0.293 e. The number of nitro groups is 1. The SMILES string of the molecule is O=C(N/N=C/c1ccc(F)cc1)c1nn(Cc2ccc([N+](=O)[O-])cc2)cc1Br. The van der Waals surface area contributed by atoms with Gasteiger partial charge in [0.1, 0.15) is 5.82 Å². The molecule has 10 heteroatoms. The van der Waals surface area contributed by atoms with E-state index in [1.807, 2.05) is 0 Å². The Labute approximate surface area is 167 Å². The fourth-order valence-corrected chi connectivity index (χ4v) is 2.81. The van der Waals surface area contributed by atoms with Crippen LogP contribution in [0.4, 0.5) is 10.1 Å². The number of non-ortho nitro benzene ring substituents is 1. The fraction of sp³-hybridized carbons (Fsp3) is 0.0556. The maximum atomic E-state index is 12.9. The number of hydrogen-bond donors (Lipinski definition) is 1. The molecule has 0 saturated carbocycles. The van der Waals surface area contributed by atoms with Gasteiger partial charge >= 0.3 is 0 Å². The van der Waals surface area contributed by atoms with Crippen LogP contribution in [-0.2, 0) is 6.54 Å². The number of carbonyl (C=O) groups is 1. The molecule has 1 N–H and O–H groups in total. The molecule has 1 aromatic heterocycles. The molecule has 0 bridgehead atoms. The molecule has 0 aliphatic heterocycles. The van der Waals surface area contributed by atoms with Crippen LogP contribution in [0.25, 0.3) is 0 Å². The second kappa shape index (κ2) is 8.53. The van der Waals surface area contributed by atoms with Crippen LogP contribution in [0.3, 0.4) is 0 Å². The first-order valence-electron chi connectivity index (χ1n) is 7.97. The summed E-state index contributed by atoms with van der Waals surface area (Å²) in [5.41, 5.74) is 3.92. The first-order valence-corrected chi connectivity index (χ1v) is 8.77. The van der Waals surface area contributed by atoms with E-state index in [9.17, 15) is 19.3 Å². The molecule has 0 fully saturated rings. The topological polar surface area (TPSA) is 102 Å². The number of carbonyl (C=O) groups excluding carboxylic acids is 1. The van der Waals surface area contributed by atoms with Crippen molar-refractivity contribution in [3.63, 3.8) is 0 Å².